The van der Waals surface area contributed by atoms with Crippen LogP contribution in [0.1, 0.15) is 28.9 Å². The van der Waals surface area contributed by atoms with Gasteiger partial charge in [-0.05, 0) is 38.3 Å². The second kappa shape index (κ2) is 4.73. The largest absolute Gasteiger partial charge is 0.278 e. The van der Waals surface area contributed by atoms with Crippen molar-refractivity contribution in [3.63, 3.8) is 0 Å². The Morgan fingerprint density at radius 1 is 1.17 bits per heavy atom. The first kappa shape index (κ1) is 13.1. The van der Waals surface area contributed by atoms with Crippen LogP contribution < -0.4 is 4.57 Å². The molecular weight excluding hydrogens is 246 g/mol. The van der Waals surface area contributed by atoms with E-state index in [1.54, 1.807) is 0 Å². The van der Waals surface area contributed by atoms with Gasteiger partial charge in [-0.3, -0.25) is 0 Å². The van der Waals surface area contributed by atoms with Crippen LogP contribution in [0.3, 0.4) is 0 Å². The van der Waals surface area contributed by atoms with E-state index in [1.807, 2.05) is 4.68 Å². The average Bonchev–Trinajstić information content (AvgIpc) is 2.75. The summed E-state index contributed by atoms with van der Waals surface area (Å²) in [7, 11) is 0. The number of aryl methyl sites for hydroxylation is 5. The van der Waals surface area contributed by atoms with Crippen molar-refractivity contribution in [3.8, 4) is 5.69 Å². The van der Waals surface area contributed by atoms with E-state index in [1.165, 1.54) is 34.6 Å². The third kappa shape index (κ3) is 2.03. The first-order valence-electron chi connectivity index (χ1n) is 6.21. The lowest BCUT2D eigenvalue weighted by Crippen LogP contribution is -2.29. The van der Waals surface area contributed by atoms with Crippen LogP contribution >= 0.6 is 12.4 Å². The summed E-state index contributed by atoms with van der Waals surface area (Å²) >= 11 is 0. The van der Waals surface area contributed by atoms with E-state index in [2.05, 4.69) is 43.8 Å². The molecule has 0 saturated heterocycles. The Kier molecular flexibility index (Phi) is 3.44. The van der Waals surface area contributed by atoms with Gasteiger partial charge in [-0.15, -0.1) is 12.4 Å². The summed E-state index contributed by atoms with van der Waals surface area (Å²) in [4.78, 5) is 0. The topological polar surface area (TPSA) is 21.7 Å². The number of benzene rings is 1. The highest BCUT2D eigenvalue weighted by Gasteiger charge is 2.24. The molecule has 4 heteroatoms. The van der Waals surface area contributed by atoms with Crippen molar-refractivity contribution in [1.82, 2.24) is 9.78 Å². The molecule has 0 atom stereocenters. The lowest BCUT2D eigenvalue weighted by Gasteiger charge is -2.05. The minimum absolute atomic E-state index is 0. The molecule has 0 radical (unpaired) electrons. The van der Waals surface area contributed by atoms with E-state index < -0.39 is 0 Å². The number of nitrogens with zero attached hydrogens (tertiary/aromatic N) is 3. The van der Waals surface area contributed by atoms with Crippen molar-refractivity contribution < 1.29 is 4.57 Å². The number of aromatic nitrogens is 3. The summed E-state index contributed by atoms with van der Waals surface area (Å²) in [6.45, 7) is 7.57. The fraction of sp³-hybridized carbons (Fsp3) is 0.429. The summed E-state index contributed by atoms with van der Waals surface area (Å²) in [5, 5.41) is 4.69. The Balaban J connectivity index is 0.00000120. The molecule has 0 unspecified atom stereocenters. The molecule has 0 N–H and O–H groups in total. The van der Waals surface area contributed by atoms with Crippen LogP contribution in [0.4, 0.5) is 0 Å². The standard InChI is InChI=1S/C14H18N3.ClH/c1-10-7-11(2)14(12(3)8-10)17-9-16-6-4-5-13(16)15-17;/h7-9H,4-6H2,1-3H3;1H/q+1;. The molecule has 0 amide bonds. The first-order chi connectivity index (χ1) is 8.15. The van der Waals surface area contributed by atoms with Crippen LogP contribution in [0.15, 0.2) is 18.5 Å². The Morgan fingerprint density at radius 3 is 2.44 bits per heavy atom. The van der Waals surface area contributed by atoms with Gasteiger partial charge in [-0.25, -0.2) is 4.57 Å². The van der Waals surface area contributed by atoms with Crippen molar-refractivity contribution in [1.29, 1.82) is 0 Å². The summed E-state index contributed by atoms with van der Waals surface area (Å²) in [5.41, 5.74) is 5.14. The quantitative estimate of drug-likeness (QED) is 0.725. The maximum absolute atomic E-state index is 4.69. The molecule has 2 heterocycles. The predicted molar refractivity (Wildman–Crippen MR) is 73.5 cm³/mol. The zero-order chi connectivity index (χ0) is 12.0. The maximum Gasteiger partial charge on any atom is 0.278 e. The lowest BCUT2D eigenvalue weighted by atomic mass is 10.1. The van der Waals surface area contributed by atoms with E-state index >= 15 is 0 Å². The summed E-state index contributed by atoms with van der Waals surface area (Å²) < 4.78 is 4.30. The number of hydrogen-bond donors (Lipinski definition) is 0. The van der Waals surface area contributed by atoms with E-state index in [-0.39, 0.29) is 12.4 Å². The van der Waals surface area contributed by atoms with Gasteiger partial charge in [0.25, 0.3) is 5.82 Å². The zero-order valence-corrected chi connectivity index (χ0v) is 11.9. The minimum atomic E-state index is 0. The minimum Gasteiger partial charge on any atom is -0.234 e. The monoisotopic (exact) mass is 264 g/mol. The van der Waals surface area contributed by atoms with Gasteiger partial charge in [-0.2, -0.15) is 0 Å². The molecule has 0 aliphatic carbocycles. The molecule has 0 bridgehead atoms. The van der Waals surface area contributed by atoms with Gasteiger partial charge in [0, 0.05) is 11.5 Å². The smallest absolute Gasteiger partial charge is 0.234 e. The third-order valence-electron chi connectivity index (χ3n) is 3.47. The molecule has 1 aliphatic rings. The van der Waals surface area contributed by atoms with E-state index in [0.29, 0.717) is 0 Å². The number of fused-ring (bicyclic) bond motifs is 1. The molecule has 1 aliphatic heterocycles. The highest BCUT2D eigenvalue weighted by Crippen LogP contribution is 2.20. The van der Waals surface area contributed by atoms with Gasteiger partial charge in [0.15, 0.2) is 0 Å². The fourth-order valence-electron chi connectivity index (χ4n) is 2.84. The third-order valence-corrected chi connectivity index (χ3v) is 3.47. The van der Waals surface area contributed by atoms with Crippen LogP contribution in [-0.4, -0.2) is 9.78 Å². The Morgan fingerprint density at radius 2 is 1.83 bits per heavy atom. The van der Waals surface area contributed by atoms with Crippen molar-refractivity contribution in [2.45, 2.75) is 40.2 Å². The second-order valence-electron chi connectivity index (χ2n) is 5.02. The van der Waals surface area contributed by atoms with Crippen molar-refractivity contribution in [2.24, 2.45) is 0 Å². The fourth-order valence-corrected chi connectivity index (χ4v) is 2.84. The van der Waals surface area contributed by atoms with Crippen LogP contribution in [0.2, 0.25) is 0 Å². The van der Waals surface area contributed by atoms with Crippen molar-refractivity contribution in [2.75, 3.05) is 0 Å². The average molecular weight is 265 g/mol. The Labute approximate surface area is 114 Å². The number of hydrogen-bond acceptors (Lipinski definition) is 1. The highest BCUT2D eigenvalue weighted by molar-refractivity contribution is 5.85. The molecule has 2 aromatic rings. The van der Waals surface area contributed by atoms with E-state index in [9.17, 15) is 0 Å². The van der Waals surface area contributed by atoms with E-state index in [4.69, 9.17) is 5.10 Å². The van der Waals surface area contributed by atoms with E-state index in [0.717, 1.165) is 13.0 Å². The van der Waals surface area contributed by atoms with Crippen LogP contribution in [-0.2, 0) is 13.0 Å². The lowest BCUT2D eigenvalue weighted by molar-refractivity contribution is -0.691. The molecule has 96 valence electrons. The molecule has 3 nitrogen and oxygen atoms in total. The molecule has 0 saturated carbocycles. The van der Waals surface area contributed by atoms with Gasteiger partial charge in [0.05, 0.1) is 6.54 Å². The normalized spacial score (nSPS) is 13.3. The number of halogens is 1. The zero-order valence-electron chi connectivity index (χ0n) is 11.1. The van der Waals surface area contributed by atoms with Crippen molar-refractivity contribution >= 4 is 12.4 Å². The first-order valence-corrected chi connectivity index (χ1v) is 6.21. The van der Waals surface area contributed by atoms with Gasteiger partial charge in [-0.1, -0.05) is 22.4 Å². The SMILES string of the molecule is Cc1cc(C)c(-n2c[n+]3c(n2)CCC3)c(C)c1.Cl. The molecule has 0 fully saturated rings. The highest BCUT2D eigenvalue weighted by atomic mass is 35.5. The van der Waals surface area contributed by atoms with Crippen molar-refractivity contribution in [3.05, 3.63) is 41.0 Å². The van der Waals surface area contributed by atoms with Crippen LogP contribution in [0, 0.1) is 20.8 Å². The molecule has 1 aromatic carbocycles. The van der Waals surface area contributed by atoms with Gasteiger partial charge < -0.3 is 0 Å². The predicted octanol–water partition coefficient (Wildman–Crippen LogP) is 2.45. The summed E-state index contributed by atoms with van der Waals surface area (Å²) in [6, 6.07) is 4.44. The van der Waals surface area contributed by atoms with Gasteiger partial charge >= 0.3 is 0 Å². The van der Waals surface area contributed by atoms with Crippen LogP contribution in [0.5, 0.6) is 0 Å². The molecule has 0 spiro atoms. The number of rotatable bonds is 1. The van der Waals surface area contributed by atoms with Gasteiger partial charge in [0.2, 0.25) is 6.33 Å². The maximum atomic E-state index is 4.69. The summed E-state index contributed by atoms with van der Waals surface area (Å²) in [6.07, 6.45) is 4.47. The van der Waals surface area contributed by atoms with Crippen LogP contribution in [0.25, 0.3) is 5.69 Å². The molecule has 18 heavy (non-hydrogen) atoms. The second-order valence-corrected chi connectivity index (χ2v) is 5.02. The molecule has 1 aromatic heterocycles. The Bertz CT molecular complexity index is 542. The molecular formula is C14H19ClN3+. The van der Waals surface area contributed by atoms with Gasteiger partial charge in [0.1, 0.15) is 5.69 Å². The Hall–Kier alpha value is -1.35. The molecule has 3 rings (SSSR count). The summed E-state index contributed by atoms with van der Waals surface area (Å²) in [5.74, 6) is 1.21.